The molecule has 0 saturated carbocycles. The Morgan fingerprint density at radius 3 is 2.38 bits per heavy atom. The van der Waals surface area contributed by atoms with Crippen LogP contribution in [0.4, 0.5) is 14.5 Å². The standard InChI is InChI=1S/C16H15F2NO2/c1-10-3-6-13(7-4-10)21-11(2)16(20)19-12-5-8-14(17)15(18)9-12/h3-9,11H,1-2H3,(H,19,20)/t11-/m0/s1. The first kappa shape index (κ1) is 15.0. The van der Waals surface area contributed by atoms with Crippen molar-refractivity contribution in [2.24, 2.45) is 0 Å². The van der Waals surface area contributed by atoms with Gasteiger partial charge in [0.1, 0.15) is 5.75 Å². The molecule has 0 spiro atoms. The van der Waals surface area contributed by atoms with E-state index >= 15 is 0 Å². The summed E-state index contributed by atoms with van der Waals surface area (Å²) in [6.45, 7) is 3.53. The highest BCUT2D eigenvalue weighted by molar-refractivity contribution is 5.94. The van der Waals surface area contributed by atoms with Crippen LogP contribution in [0.2, 0.25) is 0 Å². The van der Waals surface area contributed by atoms with Gasteiger partial charge in [0.05, 0.1) is 0 Å². The van der Waals surface area contributed by atoms with Gasteiger partial charge in [-0.05, 0) is 38.1 Å². The Hall–Kier alpha value is -2.43. The van der Waals surface area contributed by atoms with Crippen LogP contribution in [-0.4, -0.2) is 12.0 Å². The van der Waals surface area contributed by atoms with E-state index < -0.39 is 23.6 Å². The summed E-state index contributed by atoms with van der Waals surface area (Å²) in [5.74, 6) is -1.85. The number of carbonyl (C=O) groups is 1. The fourth-order valence-corrected chi connectivity index (χ4v) is 1.69. The number of hydrogen-bond acceptors (Lipinski definition) is 2. The molecule has 0 unspecified atom stereocenters. The lowest BCUT2D eigenvalue weighted by molar-refractivity contribution is -0.122. The summed E-state index contributed by atoms with van der Waals surface area (Å²) in [6, 6.07) is 10.4. The minimum absolute atomic E-state index is 0.179. The summed E-state index contributed by atoms with van der Waals surface area (Å²) in [4.78, 5) is 11.9. The van der Waals surface area contributed by atoms with Crippen molar-refractivity contribution in [1.29, 1.82) is 0 Å². The van der Waals surface area contributed by atoms with Gasteiger partial charge < -0.3 is 10.1 Å². The van der Waals surface area contributed by atoms with Crippen LogP contribution in [0.5, 0.6) is 5.75 Å². The Morgan fingerprint density at radius 1 is 1.10 bits per heavy atom. The fourth-order valence-electron chi connectivity index (χ4n) is 1.69. The number of aryl methyl sites for hydroxylation is 1. The molecular weight excluding hydrogens is 276 g/mol. The maximum absolute atomic E-state index is 13.1. The number of halogens is 2. The Kier molecular flexibility index (Phi) is 4.52. The maximum atomic E-state index is 13.1. The number of carbonyl (C=O) groups excluding carboxylic acids is 1. The monoisotopic (exact) mass is 291 g/mol. The second kappa shape index (κ2) is 6.35. The Bertz CT molecular complexity index is 641. The molecule has 0 aromatic heterocycles. The molecule has 0 fully saturated rings. The number of hydrogen-bond donors (Lipinski definition) is 1. The molecule has 0 aliphatic rings. The normalized spacial score (nSPS) is 11.8. The number of nitrogens with one attached hydrogen (secondary N) is 1. The number of ether oxygens (including phenoxy) is 1. The van der Waals surface area contributed by atoms with E-state index in [9.17, 15) is 13.6 Å². The molecule has 2 aromatic carbocycles. The average molecular weight is 291 g/mol. The average Bonchev–Trinajstić information content (AvgIpc) is 2.45. The molecule has 0 aliphatic carbocycles. The van der Waals surface area contributed by atoms with E-state index in [1.54, 1.807) is 19.1 Å². The van der Waals surface area contributed by atoms with E-state index in [-0.39, 0.29) is 5.69 Å². The summed E-state index contributed by atoms with van der Waals surface area (Å²) in [6.07, 6.45) is -0.763. The van der Waals surface area contributed by atoms with Crippen molar-refractivity contribution in [2.45, 2.75) is 20.0 Å². The van der Waals surface area contributed by atoms with Gasteiger partial charge in [0.2, 0.25) is 0 Å². The summed E-state index contributed by atoms with van der Waals surface area (Å²) >= 11 is 0. The van der Waals surface area contributed by atoms with Crippen LogP contribution < -0.4 is 10.1 Å². The molecular formula is C16H15F2NO2. The van der Waals surface area contributed by atoms with Gasteiger partial charge in [0.25, 0.3) is 5.91 Å². The summed E-state index contributed by atoms with van der Waals surface area (Å²) in [5.41, 5.74) is 1.26. The lowest BCUT2D eigenvalue weighted by Gasteiger charge is -2.15. The van der Waals surface area contributed by atoms with Crippen LogP contribution in [0.3, 0.4) is 0 Å². The molecule has 21 heavy (non-hydrogen) atoms. The Morgan fingerprint density at radius 2 is 1.76 bits per heavy atom. The van der Waals surface area contributed by atoms with Gasteiger partial charge in [-0.1, -0.05) is 17.7 Å². The summed E-state index contributed by atoms with van der Waals surface area (Å²) in [7, 11) is 0. The molecule has 0 aliphatic heterocycles. The fraction of sp³-hybridized carbons (Fsp3) is 0.188. The van der Waals surface area contributed by atoms with Gasteiger partial charge in [-0.2, -0.15) is 0 Å². The molecule has 110 valence electrons. The molecule has 5 heteroatoms. The topological polar surface area (TPSA) is 38.3 Å². The van der Waals surface area contributed by atoms with Crippen LogP contribution in [-0.2, 0) is 4.79 Å². The largest absolute Gasteiger partial charge is 0.481 e. The molecule has 0 heterocycles. The Balaban J connectivity index is 1.98. The number of amides is 1. The minimum atomic E-state index is -1.01. The highest BCUT2D eigenvalue weighted by Crippen LogP contribution is 2.16. The number of benzene rings is 2. The van der Waals surface area contributed by atoms with Crippen molar-refractivity contribution < 1.29 is 18.3 Å². The third-order valence-electron chi connectivity index (χ3n) is 2.89. The summed E-state index contributed by atoms with van der Waals surface area (Å²) in [5, 5.41) is 2.47. The van der Waals surface area contributed by atoms with Crippen molar-refractivity contribution >= 4 is 11.6 Å². The van der Waals surface area contributed by atoms with Crippen molar-refractivity contribution in [3.63, 3.8) is 0 Å². The maximum Gasteiger partial charge on any atom is 0.265 e. The predicted molar refractivity (Wildman–Crippen MR) is 76.3 cm³/mol. The molecule has 0 bridgehead atoms. The molecule has 1 N–H and O–H groups in total. The van der Waals surface area contributed by atoms with Crippen LogP contribution in [0.1, 0.15) is 12.5 Å². The molecule has 2 aromatic rings. The van der Waals surface area contributed by atoms with Gasteiger partial charge >= 0.3 is 0 Å². The van der Waals surface area contributed by atoms with Gasteiger partial charge in [-0.15, -0.1) is 0 Å². The zero-order valence-corrected chi connectivity index (χ0v) is 11.7. The van der Waals surface area contributed by atoms with Gasteiger partial charge in [-0.3, -0.25) is 4.79 Å². The highest BCUT2D eigenvalue weighted by atomic mass is 19.2. The zero-order chi connectivity index (χ0) is 15.4. The molecule has 1 atom stereocenters. The Labute approximate surface area is 121 Å². The van der Waals surface area contributed by atoms with E-state index in [0.717, 1.165) is 17.7 Å². The highest BCUT2D eigenvalue weighted by Gasteiger charge is 2.15. The lowest BCUT2D eigenvalue weighted by Crippen LogP contribution is -2.30. The summed E-state index contributed by atoms with van der Waals surface area (Å²) < 4.78 is 31.3. The van der Waals surface area contributed by atoms with Crippen LogP contribution >= 0.6 is 0 Å². The van der Waals surface area contributed by atoms with E-state index in [2.05, 4.69) is 5.32 Å². The first-order valence-electron chi connectivity index (χ1n) is 6.45. The van der Waals surface area contributed by atoms with Crippen molar-refractivity contribution in [3.05, 3.63) is 59.7 Å². The molecule has 3 nitrogen and oxygen atoms in total. The quantitative estimate of drug-likeness (QED) is 0.933. The van der Waals surface area contributed by atoms with Crippen molar-refractivity contribution in [3.8, 4) is 5.75 Å². The predicted octanol–water partition coefficient (Wildman–Crippen LogP) is 3.68. The van der Waals surface area contributed by atoms with Crippen LogP contribution in [0.15, 0.2) is 42.5 Å². The SMILES string of the molecule is Cc1ccc(O[C@@H](C)C(=O)Nc2ccc(F)c(F)c2)cc1. The first-order chi connectivity index (χ1) is 9.95. The zero-order valence-electron chi connectivity index (χ0n) is 11.7. The van der Waals surface area contributed by atoms with Crippen molar-refractivity contribution in [2.75, 3.05) is 5.32 Å². The van der Waals surface area contributed by atoms with Crippen LogP contribution in [0, 0.1) is 18.6 Å². The smallest absolute Gasteiger partial charge is 0.265 e. The van der Waals surface area contributed by atoms with E-state index in [0.29, 0.717) is 5.75 Å². The second-order valence-corrected chi connectivity index (χ2v) is 4.69. The molecule has 0 radical (unpaired) electrons. The third kappa shape index (κ3) is 4.02. The number of rotatable bonds is 4. The lowest BCUT2D eigenvalue weighted by atomic mass is 10.2. The first-order valence-corrected chi connectivity index (χ1v) is 6.45. The van der Waals surface area contributed by atoms with E-state index in [4.69, 9.17) is 4.74 Å². The number of anilines is 1. The minimum Gasteiger partial charge on any atom is -0.481 e. The van der Waals surface area contributed by atoms with Gasteiger partial charge in [-0.25, -0.2) is 8.78 Å². The second-order valence-electron chi connectivity index (χ2n) is 4.69. The van der Waals surface area contributed by atoms with Gasteiger partial charge in [0, 0.05) is 11.8 Å². The third-order valence-corrected chi connectivity index (χ3v) is 2.89. The molecule has 1 amide bonds. The van der Waals surface area contributed by atoms with E-state index in [1.807, 2.05) is 19.1 Å². The van der Waals surface area contributed by atoms with E-state index in [1.165, 1.54) is 6.07 Å². The van der Waals surface area contributed by atoms with Gasteiger partial charge in [0.15, 0.2) is 17.7 Å². The molecule has 2 rings (SSSR count). The molecule has 0 saturated heterocycles. The van der Waals surface area contributed by atoms with Crippen LogP contribution in [0.25, 0.3) is 0 Å². The van der Waals surface area contributed by atoms with Crippen molar-refractivity contribution in [1.82, 2.24) is 0 Å².